The third-order valence-corrected chi connectivity index (χ3v) is 4.70. The number of hydrogen-bond donors (Lipinski definition) is 0. The summed E-state index contributed by atoms with van der Waals surface area (Å²) in [5.74, 6) is -0.468. The minimum Gasteiger partial charge on any atom is -0.338 e. The predicted molar refractivity (Wildman–Crippen MR) is 90.3 cm³/mol. The van der Waals surface area contributed by atoms with Gasteiger partial charge >= 0.3 is 0 Å². The average Bonchev–Trinajstić information content (AvgIpc) is 3.05. The summed E-state index contributed by atoms with van der Waals surface area (Å²) in [7, 11) is 0. The summed E-state index contributed by atoms with van der Waals surface area (Å²) in [5, 5.41) is 0. The highest BCUT2D eigenvalue weighted by Crippen LogP contribution is 2.27. The Balaban J connectivity index is 1.48. The Hall–Kier alpha value is -2.69. The topological polar surface area (TPSA) is 38.1 Å². The number of imidazole rings is 1. The molecule has 122 valence electrons. The fourth-order valence-corrected chi connectivity index (χ4v) is 3.42. The molecule has 0 aliphatic carbocycles. The Morgan fingerprint density at radius 1 is 1.08 bits per heavy atom. The molecule has 4 nitrogen and oxygen atoms in total. The number of likely N-dealkylation sites (tertiary alicyclic amines) is 1. The highest BCUT2D eigenvalue weighted by atomic mass is 19.1. The molecule has 1 saturated heterocycles. The highest BCUT2D eigenvalue weighted by molar-refractivity contribution is 5.94. The predicted octanol–water partition coefficient (Wildman–Crippen LogP) is 3.65. The molecule has 0 bridgehead atoms. The van der Waals surface area contributed by atoms with E-state index in [0.29, 0.717) is 24.7 Å². The van der Waals surface area contributed by atoms with E-state index in [2.05, 4.69) is 15.6 Å². The summed E-state index contributed by atoms with van der Waals surface area (Å²) in [5.41, 5.74) is 2.55. The number of para-hydroxylation sites is 2. The van der Waals surface area contributed by atoms with Gasteiger partial charge in [-0.25, -0.2) is 9.37 Å². The molecule has 1 fully saturated rings. The number of carbonyl (C=O) groups excluding carboxylic acids is 1. The molecule has 1 amide bonds. The van der Waals surface area contributed by atoms with E-state index in [1.165, 1.54) is 12.1 Å². The van der Waals surface area contributed by atoms with Crippen molar-refractivity contribution in [1.82, 2.24) is 14.5 Å². The number of aromatic nitrogens is 2. The van der Waals surface area contributed by atoms with Gasteiger partial charge in [0.25, 0.3) is 5.91 Å². The van der Waals surface area contributed by atoms with Gasteiger partial charge in [0.1, 0.15) is 5.82 Å². The van der Waals surface area contributed by atoms with Crippen LogP contribution in [0, 0.1) is 5.82 Å². The van der Waals surface area contributed by atoms with E-state index in [0.717, 1.165) is 23.9 Å². The second kappa shape index (κ2) is 6.07. The summed E-state index contributed by atoms with van der Waals surface area (Å²) < 4.78 is 15.5. The number of benzene rings is 2. The third-order valence-electron chi connectivity index (χ3n) is 4.70. The second-order valence-electron chi connectivity index (χ2n) is 6.17. The number of nitrogens with zero attached hydrogens (tertiary/aromatic N) is 3. The molecule has 0 atom stereocenters. The largest absolute Gasteiger partial charge is 0.338 e. The van der Waals surface area contributed by atoms with Gasteiger partial charge in [-0.05, 0) is 43.2 Å². The smallest absolute Gasteiger partial charge is 0.253 e. The lowest BCUT2D eigenvalue weighted by Gasteiger charge is -2.33. The molecule has 1 aliphatic rings. The quantitative estimate of drug-likeness (QED) is 0.722. The van der Waals surface area contributed by atoms with Crippen molar-refractivity contribution in [2.45, 2.75) is 18.9 Å². The number of piperidine rings is 1. The van der Waals surface area contributed by atoms with E-state index in [1.54, 1.807) is 12.1 Å². The SMILES string of the molecule is O=C(c1cccc(F)c1)N1CCC(n2cnc3ccccc32)CC1. The number of fused-ring (bicyclic) bond motifs is 1. The van der Waals surface area contributed by atoms with Crippen LogP contribution in [0.15, 0.2) is 54.9 Å². The normalized spacial score (nSPS) is 15.8. The maximum absolute atomic E-state index is 13.3. The van der Waals surface area contributed by atoms with Crippen molar-refractivity contribution in [1.29, 1.82) is 0 Å². The van der Waals surface area contributed by atoms with Gasteiger partial charge in [0.05, 0.1) is 17.4 Å². The molecular weight excluding hydrogens is 305 g/mol. The van der Waals surface area contributed by atoms with E-state index in [4.69, 9.17) is 0 Å². The first-order chi connectivity index (χ1) is 11.7. The molecule has 0 spiro atoms. The van der Waals surface area contributed by atoms with Crippen LogP contribution in [0.5, 0.6) is 0 Å². The minimum absolute atomic E-state index is 0.0940. The summed E-state index contributed by atoms with van der Waals surface area (Å²) in [6.07, 6.45) is 3.64. The van der Waals surface area contributed by atoms with E-state index >= 15 is 0 Å². The zero-order valence-electron chi connectivity index (χ0n) is 13.2. The van der Waals surface area contributed by atoms with Crippen LogP contribution in [0.4, 0.5) is 4.39 Å². The van der Waals surface area contributed by atoms with Crippen LogP contribution < -0.4 is 0 Å². The zero-order chi connectivity index (χ0) is 16.5. The van der Waals surface area contributed by atoms with Crippen LogP contribution in [0.3, 0.4) is 0 Å². The maximum atomic E-state index is 13.3. The monoisotopic (exact) mass is 323 g/mol. The van der Waals surface area contributed by atoms with Crippen LogP contribution in [-0.2, 0) is 0 Å². The van der Waals surface area contributed by atoms with Crippen LogP contribution in [0.25, 0.3) is 11.0 Å². The lowest BCUT2D eigenvalue weighted by atomic mass is 10.0. The molecule has 4 rings (SSSR count). The van der Waals surface area contributed by atoms with E-state index in [1.807, 2.05) is 29.4 Å². The third kappa shape index (κ3) is 2.66. The summed E-state index contributed by atoms with van der Waals surface area (Å²) in [6.45, 7) is 1.35. The van der Waals surface area contributed by atoms with Crippen LogP contribution in [-0.4, -0.2) is 33.4 Å². The standard InChI is InChI=1S/C19H18FN3O/c20-15-5-3-4-14(12-15)19(24)22-10-8-16(9-11-22)23-13-21-17-6-1-2-7-18(17)23/h1-7,12-13,16H,8-11H2. The Morgan fingerprint density at radius 2 is 1.88 bits per heavy atom. The summed E-state index contributed by atoms with van der Waals surface area (Å²) in [4.78, 5) is 18.8. The van der Waals surface area contributed by atoms with Crippen molar-refractivity contribution in [3.63, 3.8) is 0 Å². The van der Waals surface area contributed by atoms with Crippen LogP contribution in [0.1, 0.15) is 29.2 Å². The first kappa shape index (κ1) is 14.9. The second-order valence-corrected chi connectivity index (χ2v) is 6.17. The molecule has 2 heterocycles. The zero-order valence-corrected chi connectivity index (χ0v) is 13.2. The molecule has 0 unspecified atom stereocenters. The van der Waals surface area contributed by atoms with Crippen molar-refractivity contribution >= 4 is 16.9 Å². The maximum Gasteiger partial charge on any atom is 0.253 e. The molecule has 1 aromatic heterocycles. The fourth-order valence-electron chi connectivity index (χ4n) is 3.42. The Kier molecular flexibility index (Phi) is 3.76. The van der Waals surface area contributed by atoms with Crippen molar-refractivity contribution in [2.75, 3.05) is 13.1 Å². The van der Waals surface area contributed by atoms with Crippen molar-refractivity contribution in [3.8, 4) is 0 Å². The number of halogens is 1. The van der Waals surface area contributed by atoms with Gasteiger partial charge in [-0.3, -0.25) is 4.79 Å². The summed E-state index contributed by atoms with van der Waals surface area (Å²) in [6, 6.07) is 14.3. The molecule has 0 N–H and O–H groups in total. The molecular formula is C19H18FN3O. The number of carbonyl (C=O) groups is 1. The van der Waals surface area contributed by atoms with Gasteiger partial charge in [-0.15, -0.1) is 0 Å². The Morgan fingerprint density at radius 3 is 2.67 bits per heavy atom. The molecule has 0 radical (unpaired) electrons. The van der Waals surface area contributed by atoms with Gasteiger partial charge in [-0.1, -0.05) is 18.2 Å². The van der Waals surface area contributed by atoms with E-state index < -0.39 is 0 Å². The van der Waals surface area contributed by atoms with Crippen LogP contribution >= 0.6 is 0 Å². The Labute approximate surface area is 139 Å². The van der Waals surface area contributed by atoms with Gasteiger partial charge in [0.2, 0.25) is 0 Å². The first-order valence-corrected chi connectivity index (χ1v) is 8.19. The van der Waals surface area contributed by atoms with Crippen molar-refractivity contribution in [3.05, 3.63) is 66.2 Å². The highest BCUT2D eigenvalue weighted by Gasteiger charge is 2.25. The molecule has 2 aromatic carbocycles. The molecule has 24 heavy (non-hydrogen) atoms. The van der Waals surface area contributed by atoms with Crippen molar-refractivity contribution in [2.24, 2.45) is 0 Å². The Bertz CT molecular complexity index is 881. The van der Waals surface area contributed by atoms with Crippen LogP contribution in [0.2, 0.25) is 0 Å². The minimum atomic E-state index is -0.374. The average molecular weight is 323 g/mol. The molecule has 3 aromatic rings. The van der Waals surface area contributed by atoms with Gasteiger partial charge < -0.3 is 9.47 Å². The van der Waals surface area contributed by atoms with Gasteiger partial charge in [0, 0.05) is 24.7 Å². The summed E-state index contributed by atoms with van der Waals surface area (Å²) >= 11 is 0. The molecule has 5 heteroatoms. The molecule has 1 aliphatic heterocycles. The van der Waals surface area contributed by atoms with Gasteiger partial charge in [0.15, 0.2) is 0 Å². The fraction of sp³-hybridized carbons (Fsp3) is 0.263. The number of rotatable bonds is 2. The first-order valence-electron chi connectivity index (χ1n) is 8.19. The van der Waals surface area contributed by atoms with Crippen molar-refractivity contribution < 1.29 is 9.18 Å². The van der Waals surface area contributed by atoms with Gasteiger partial charge in [-0.2, -0.15) is 0 Å². The van der Waals surface area contributed by atoms with E-state index in [-0.39, 0.29) is 11.7 Å². The van der Waals surface area contributed by atoms with E-state index in [9.17, 15) is 9.18 Å². The number of hydrogen-bond acceptors (Lipinski definition) is 2. The number of amides is 1. The lowest BCUT2D eigenvalue weighted by molar-refractivity contribution is 0.0695. The lowest BCUT2D eigenvalue weighted by Crippen LogP contribution is -2.39. The molecule has 0 saturated carbocycles.